The van der Waals surface area contributed by atoms with Crippen molar-refractivity contribution >= 4 is 39.0 Å². The first-order chi connectivity index (χ1) is 16.3. The molecule has 34 heavy (non-hydrogen) atoms. The molecular formula is C26H20Cl2N2O3S. The van der Waals surface area contributed by atoms with E-state index in [2.05, 4.69) is 0 Å². The minimum Gasteiger partial charge on any atom is -0.284 e. The van der Waals surface area contributed by atoms with Crippen LogP contribution in [0.2, 0.25) is 10.0 Å². The van der Waals surface area contributed by atoms with Gasteiger partial charge in [-0.3, -0.25) is 9.36 Å². The summed E-state index contributed by atoms with van der Waals surface area (Å²) in [6.45, 7) is 1.84. The minimum atomic E-state index is -4.03. The van der Waals surface area contributed by atoms with Crippen LogP contribution in [-0.4, -0.2) is 13.0 Å². The summed E-state index contributed by atoms with van der Waals surface area (Å²) in [6.07, 6.45) is 0. The van der Waals surface area contributed by atoms with E-state index in [1.165, 1.54) is 14.9 Å². The molecule has 0 radical (unpaired) electrons. The molecule has 2 heterocycles. The summed E-state index contributed by atoms with van der Waals surface area (Å²) in [5.74, 6) is 0.300. The van der Waals surface area contributed by atoms with Gasteiger partial charge < -0.3 is 0 Å². The molecule has 1 aromatic heterocycles. The number of sulfonamides is 1. The Bertz CT molecular complexity index is 1530. The summed E-state index contributed by atoms with van der Waals surface area (Å²) in [7, 11) is -4.03. The second kappa shape index (κ2) is 8.62. The molecule has 5 nitrogen and oxygen atoms in total. The first kappa shape index (κ1) is 22.7. The average molecular weight is 511 g/mol. The molecule has 0 fully saturated rings. The largest absolute Gasteiger partial charge is 0.284 e. The Hall–Kier alpha value is -3.06. The van der Waals surface area contributed by atoms with E-state index < -0.39 is 22.1 Å². The highest BCUT2D eigenvalue weighted by Crippen LogP contribution is 2.49. The van der Waals surface area contributed by atoms with Crippen LogP contribution in [0.4, 0.5) is 5.82 Å². The molecule has 4 aromatic rings. The van der Waals surface area contributed by atoms with Gasteiger partial charge >= 0.3 is 0 Å². The topological polar surface area (TPSA) is 59.4 Å². The zero-order chi connectivity index (χ0) is 24.0. The predicted molar refractivity (Wildman–Crippen MR) is 135 cm³/mol. The fourth-order valence-corrected chi connectivity index (χ4v) is 6.49. The molecule has 0 unspecified atom stereocenters. The molecule has 0 saturated heterocycles. The number of anilines is 1. The molecule has 0 spiro atoms. The van der Waals surface area contributed by atoms with Gasteiger partial charge in [0.05, 0.1) is 17.0 Å². The highest BCUT2D eigenvalue weighted by atomic mass is 35.5. The fraction of sp³-hybridized carbons (Fsp3) is 0.115. The lowest BCUT2D eigenvalue weighted by molar-refractivity contribution is 0.529. The van der Waals surface area contributed by atoms with Crippen molar-refractivity contribution in [2.45, 2.75) is 23.9 Å². The zero-order valence-electron chi connectivity index (χ0n) is 18.1. The van der Waals surface area contributed by atoms with Crippen LogP contribution < -0.4 is 9.86 Å². The number of aryl methyl sites for hydroxylation is 1. The standard InChI is InChI=1S/C26H20Cl2N2O3S/c1-17-4-2-5-22(16-17)34(32,33)30-23-6-3-7-24(31)29(23)25(18-8-12-20(27)13-9-18)26(30)19-10-14-21(28)15-11-19/h2-16,25-26H,1H3/t25-,26+/m0/s1. The van der Waals surface area contributed by atoms with Gasteiger partial charge in [-0.2, -0.15) is 0 Å². The lowest BCUT2D eigenvalue weighted by Crippen LogP contribution is -2.33. The Balaban J connectivity index is 1.82. The minimum absolute atomic E-state index is 0.158. The van der Waals surface area contributed by atoms with Gasteiger partial charge in [0.25, 0.3) is 15.6 Å². The van der Waals surface area contributed by atoms with Crippen molar-refractivity contribution in [2.75, 3.05) is 4.31 Å². The Morgan fingerprint density at radius 1 is 0.735 bits per heavy atom. The number of rotatable bonds is 4. The van der Waals surface area contributed by atoms with E-state index in [1.807, 2.05) is 25.1 Å². The summed E-state index contributed by atoms with van der Waals surface area (Å²) in [5.41, 5.74) is 2.01. The third-order valence-electron chi connectivity index (χ3n) is 5.99. The van der Waals surface area contributed by atoms with Crippen molar-refractivity contribution in [3.63, 3.8) is 0 Å². The van der Waals surface area contributed by atoms with Crippen molar-refractivity contribution in [3.05, 3.63) is 128 Å². The maximum absolute atomic E-state index is 14.1. The van der Waals surface area contributed by atoms with Crippen molar-refractivity contribution in [3.8, 4) is 0 Å². The smallest absolute Gasteiger partial charge is 0.266 e. The second-order valence-electron chi connectivity index (χ2n) is 8.20. The van der Waals surface area contributed by atoms with Crippen LogP contribution in [0, 0.1) is 6.92 Å². The predicted octanol–water partition coefficient (Wildman–Crippen LogP) is 6.00. The van der Waals surface area contributed by atoms with E-state index in [9.17, 15) is 13.2 Å². The third kappa shape index (κ3) is 3.82. The zero-order valence-corrected chi connectivity index (χ0v) is 20.4. The van der Waals surface area contributed by atoms with E-state index >= 15 is 0 Å². The molecule has 0 amide bonds. The summed E-state index contributed by atoms with van der Waals surface area (Å²) in [6, 6.07) is 24.3. The quantitative estimate of drug-likeness (QED) is 0.338. The number of hydrogen-bond acceptors (Lipinski definition) is 3. The highest BCUT2D eigenvalue weighted by Gasteiger charge is 2.46. The Labute approximate surface area is 207 Å². The van der Waals surface area contributed by atoms with Gasteiger partial charge in [0.15, 0.2) is 0 Å². The van der Waals surface area contributed by atoms with Gasteiger partial charge in [-0.05, 0) is 66.1 Å². The highest BCUT2D eigenvalue weighted by molar-refractivity contribution is 7.92. The molecule has 172 valence electrons. The van der Waals surface area contributed by atoms with E-state index in [1.54, 1.807) is 66.7 Å². The Morgan fingerprint density at radius 2 is 1.29 bits per heavy atom. The van der Waals surface area contributed by atoms with E-state index in [-0.39, 0.29) is 10.5 Å². The van der Waals surface area contributed by atoms with Gasteiger partial charge in [-0.1, -0.05) is 65.7 Å². The van der Waals surface area contributed by atoms with Crippen LogP contribution in [0.25, 0.3) is 0 Å². The Kier molecular flexibility index (Phi) is 5.76. The van der Waals surface area contributed by atoms with Crippen LogP contribution in [0.1, 0.15) is 28.8 Å². The SMILES string of the molecule is Cc1cccc(S(=O)(=O)N2c3cccc(=O)n3[C@@H](c3ccc(Cl)cc3)[C@H]2c2ccc(Cl)cc2)c1. The average Bonchev–Trinajstić information content (AvgIpc) is 3.17. The van der Waals surface area contributed by atoms with E-state index in [4.69, 9.17) is 23.2 Å². The van der Waals surface area contributed by atoms with Crippen molar-refractivity contribution in [1.29, 1.82) is 0 Å². The molecule has 3 aromatic carbocycles. The molecule has 0 saturated carbocycles. The Morgan fingerprint density at radius 3 is 1.88 bits per heavy atom. The molecule has 1 aliphatic rings. The van der Waals surface area contributed by atoms with Crippen LogP contribution >= 0.6 is 23.2 Å². The van der Waals surface area contributed by atoms with Gasteiger partial charge in [0.2, 0.25) is 0 Å². The lowest BCUT2D eigenvalue weighted by atomic mass is 9.94. The van der Waals surface area contributed by atoms with Gasteiger partial charge in [0, 0.05) is 16.1 Å². The number of nitrogens with zero attached hydrogens (tertiary/aromatic N) is 2. The van der Waals surface area contributed by atoms with Gasteiger partial charge in [0.1, 0.15) is 5.82 Å². The van der Waals surface area contributed by atoms with Crippen LogP contribution in [0.5, 0.6) is 0 Å². The van der Waals surface area contributed by atoms with Crippen molar-refractivity contribution in [2.24, 2.45) is 0 Å². The van der Waals surface area contributed by atoms with Crippen LogP contribution in [0.15, 0.2) is 101 Å². The van der Waals surface area contributed by atoms with E-state index in [0.29, 0.717) is 21.4 Å². The maximum atomic E-state index is 14.1. The maximum Gasteiger partial charge on any atom is 0.266 e. The van der Waals surface area contributed by atoms with Crippen LogP contribution in [-0.2, 0) is 10.0 Å². The molecule has 2 atom stereocenters. The number of fused-ring (bicyclic) bond motifs is 1. The van der Waals surface area contributed by atoms with Gasteiger partial charge in [-0.25, -0.2) is 12.7 Å². The summed E-state index contributed by atoms with van der Waals surface area (Å²) >= 11 is 12.3. The summed E-state index contributed by atoms with van der Waals surface area (Å²) in [4.78, 5) is 13.3. The number of halogens is 2. The van der Waals surface area contributed by atoms with Crippen LogP contribution in [0.3, 0.4) is 0 Å². The molecule has 0 bridgehead atoms. The molecule has 0 N–H and O–H groups in total. The van der Waals surface area contributed by atoms with E-state index in [0.717, 1.165) is 11.1 Å². The monoisotopic (exact) mass is 510 g/mol. The van der Waals surface area contributed by atoms with Crippen molar-refractivity contribution < 1.29 is 8.42 Å². The lowest BCUT2D eigenvalue weighted by Gasteiger charge is -2.29. The summed E-state index contributed by atoms with van der Waals surface area (Å²) in [5, 5.41) is 1.09. The molecule has 0 aliphatic carbocycles. The second-order valence-corrected chi connectivity index (χ2v) is 10.9. The molecule has 8 heteroatoms. The fourth-order valence-electron chi connectivity index (χ4n) is 4.49. The number of benzene rings is 3. The molecule has 5 rings (SSSR count). The number of aromatic nitrogens is 1. The number of pyridine rings is 1. The molecule has 1 aliphatic heterocycles. The summed E-state index contributed by atoms with van der Waals surface area (Å²) < 4.78 is 31.1. The first-order valence-corrected chi connectivity index (χ1v) is 12.8. The van der Waals surface area contributed by atoms with Crippen molar-refractivity contribution in [1.82, 2.24) is 4.57 Å². The molecular weight excluding hydrogens is 491 g/mol. The van der Waals surface area contributed by atoms with Gasteiger partial charge in [-0.15, -0.1) is 0 Å². The first-order valence-electron chi connectivity index (χ1n) is 10.6. The third-order valence-corrected chi connectivity index (χ3v) is 8.28. The normalized spacial score (nSPS) is 17.6. The number of hydrogen-bond donors (Lipinski definition) is 0.